The predicted molar refractivity (Wildman–Crippen MR) is 100 cm³/mol. The molecule has 2 fully saturated rings. The fraction of sp³-hybridized carbons (Fsp3) is 0.550. The molecule has 8 heteroatoms. The molecular weight excluding hydrogens is 367 g/mol. The van der Waals surface area contributed by atoms with Crippen LogP contribution in [0.15, 0.2) is 24.4 Å². The minimum absolute atomic E-state index is 0.259. The fourth-order valence-corrected chi connectivity index (χ4v) is 4.01. The van der Waals surface area contributed by atoms with Crippen molar-refractivity contribution >= 4 is 5.95 Å². The average Bonchev–Trinajstić information content (AvgIpc) is 3.32. The van der Waals surface area contributed by atoms with Gasteiger partial charge in [-0.2, -0.15) is 13.2 Å². The maximum absolute atomic E-state index is 13.0. The Bertz CT molecular complexity index is 833. The maximum atomic E-state index is 13.0. The summed E-state index contributed by atoms with van der Waals surface area (Å²) < 4.78 is 39.1. The van der Waals surface area contributed by atoms with Crippen LogP contribution in [0.5, 0.6) is 0 Å². The van der Waals surface area contributed by atoms with E-state index in [1.54, 1.807) is 0 Å². The minimum Gasteiger partial charge on any atom is -0.338 e. The quantitative estimate of drug-likeness (QED) is 0.864. The van der Waals surface area contributed by atoms with Gasteiger partial charge in [-0.3, -0.25) is 4.98 Å². The van der Waals surface area contributed by atoms with Gasteiger partial charge < -0.3 is 10.2 Å². The average molecular weight is 391 g/mol. The number of aromatic nitrogens is 3. The number of anilines is 1. The van der Waals surface area contributed by atoms with Crippen LogP contribution in [-0.2, 0) is 12.6 Å². The van der Waals surface area contributed by atoms with E-state index in [4.69, 9.17) is 9.97 Å². The van der Waals surface area contributed by atoms with Gasteiger partial charge in [0.1, 0.15) is 0 Å². The predicted octanol–water partition coefficient (Wildman–Crippen LogP) is 3.55. The molecule has 0 bridgehead atoms. The van der Waals surface area contributed by atoms with Gasteiger partial charge in [-0.25, -0.2) is 9.97 Å². The van der Waals surface area contributed by atoms with E-state index in [1.165, 1.54) is 6.20 Å². The molecule has 0 spiro atoms. The zero-order valence-electron chi connectivity index (χ0n) is 15.8. The van der Waals surface area contributed by atoms with Gasteiger partial charge in [0, 0.05) is 43.4 Å². The molecule has 2 atom stereocenters. The second kappa shape index (κ2) is 7.66. The van der Waals surface area contributed by atoms with Gasteiger partial charge in [0.25, 0.3) is 0 Å². The van der Waals surface area contributed by atoms with Crippen molar-refractivity contribution in [3.63, 3.8) is 0 Å². The van der Waals surface area contributed by atoms with Gasteiger partial charge in [0.2, 0.25) is 5.95 Å². The summed E-state index contributed by atoms with van der Waals surface area (Å²) in [6.45, 7) is 4.89. The zero-order chi connectivity index (χ0) is 19.7. The third-order valence-electron chi connectivity index (χ3n) is 5.58. The van der Waals surface area contributed by atoms with Crippen LogP contribution in [0.2, 0.25) is 0 Å². The van der Waals surface area contributed by atoms with Gasteiger partial charge in [-0.1, -0.05) is 0 Å². The summed E-state index contributed by atoms with van der Waals surface area (Å²) in [7, 11) is 0. The molecule has 2 aromatic rings. The van der Waals surface area contributed by atoms with Gasteiger partial charge >= 0.3 is 6.18 Å². The van der Waals surface area contributed by atoms with E-state index in [0.29, 0.717) is 23.6 Å². The molecule has 0 aromatic carbocycles. The lowest BCUT2D eigenvalue weighted by Gasteiger charge is -2.23. The maximum Gasteiger partial charge on any atom is 0.416 e. The Morgan fingerprint density at radius 3 is 2.71 bits per heavy atom. The van der Waals surface area contributed by atoms with Crippen LogP contribution in [0.25, 0.3) is 0 Å². The smallest absolute Gasteiger partial charge is 0.338 e. The summed E-state index contributed by atoms with van der Waals surface area (Å²) in [4.78, 5) is 15.9. The summed E-state index contributed by atoms with van der Waals surface area (Å²) in [6.07, 6.45) is 0.306. The molecule has 150 valence electrons. The molecule has 5 nitrogen and oxygen atoms in total. The van der Waals surface area contributed by atoms with E-state index in [2.05, 4.69) is 22.1 Å². The Balaban J connectivity index is 1.66. The standard InChI is InChI=1S/C20H24F3N5/c1-13-3-2-8-28(13)19-26-17(11-18(27-19)14-4-6-24-12-14)10-16-9-15(5-7-25-16)20(21,22)23/h5,7,9,11,13-14,24H,2-4,6,8,10,12H2,1H3. The number of alkyl halides is 3. The molecule has 2 aliphatic rings. The number of pyridine rings is 1. The first-order valence-corrected chi connectivity index (χ1v) is 9.77. The molecule has 0 saturated carbocycles. The Hall–Kier alpha value is -2.22. The topological polar surface area (TPSA) is 53.9 Å². The van der Waals surface area contributed by atoms with Crippen LogP contribution >= 0.6 is 0 Å². The highest BCUT2D eigenvalue weighted by Gasteiger charge is 2.31. The van der Waals surface area contributed by atoms with E-state index in [9.17, 15) is 13.2 Å². The van der Waals surface area contributed by atoms with E-state index in [1.807, 2.05) is 6.07 Å². The van der Waals surface area contributed by atoms with E-state index in [0.717, 1.165) is 62.4 Å². The Morgan fingerprint density at radius 1 is 1.18 bits per heavy atom. The Kier molecular flexibility index (Phi) is 5.23. The van der Waals surface area contributed by atoms with Gasteiger partial charge in [0.15, 0.2) is 0 Å². The van der Waals surface area contributed by atoms with Crippen molar-refractivity contribution in [1.29, 1.82) is 0 Å². The molecule has 0 amide bonds. The minimum atomic E-state index is -4.37. The lowest BCUT2D eigenvalue weighted by Crippen LogP contribution is -2.29. The lowest BCUT2D eigenvalue weighted by atomic mass is 10.0. The second-order valence-electron chi connectivity index (χ2n) is 7.67. The Labute approximate surface area is 162 Å². The number of hydrogen-bond donors (Lipinski definition) is 1. The van der Waals surface area contributed by atoms with Crippen LogP contribution in [-0.4, -0.2) is 40.6 Å². The van der Waals surface area contributed by atoms with Crippen molar-refractivity contribution in [1.82, 2.24) is 20.3 Å². The fourth-order valence-electron chi connectivity index (χ4n) is 4.01. The highest BCUT2D eigenvalue weighted by molar-refractivity contribution is 5.37. The van der Waals surface area contributed by atoms with Crippen molar-refractivity contribution in [3.05, 3.63) is 47.0 Å². The SMILES string of the molecule is CC1CCCN1c1nc(Cc2cc(C(F)(F)F)ccn2)cc(C2CCNC2)n1. The summed E-state index contributed by atoms with van der Waals surface area (Å²) in [5.74, 6) is 1.00. The number of rotatable bonds is 4. The van der Waals surface area contributed by atoms with Crippen LogP contribution in [0.3, 0.4) is 0 Å². The van der Waals surface area contributed by atoms with Crippen LogP contribution in [0.1, 0.15) is 54.7 Å². The zero-order valence-corrected chi connectivity index (χ0v) is 15.8. The molecule has 0 aliphatic carbocycles. The molecule has 0 radical (unpaired) electrons. The van der Waals surface area contributed by atoms with Gasteiger partial charge in [0.05, 0.1) is 17.0 Å². The highest BCUT2D eigenvalue weighted by atomic mass is 19.4. The third kappa shape index (κ3) is 4.11. The third-order valence-corrected chi connectivity index (χ3v) is 5.58. The van der Waals surface area contributed by atoms with Crippen molar-refractivity contribution in [2.75, 3.05) is 24.5 Å². The number of hydrogen-bond acceptors (Lipinski definition) is 5. The summed E-state index contributed by atoms with van der Waals surface area (Å²) in [5, 5.41) is 3.35. The molecular formula is C20H24F3N5. The molecule has 4 rings (SSSR count). The van der Waals surface area contributed by atoms with Crippen LogP contribution in [0.4, 0.5) is 19.1 Å². The van der Waals surface area contributed by atoms with Crippen molar-refractivity contribution in [3.8, 4) is 0 Å². The van der Waals surface area contributed by atoms with Gasteiger partial charge in [-0.05, 0) is 50.9 Å². The molecule has 2 aliphatic heterocycles. The summed E-state index contributed by atoms with van der Waals surface area (Å²) >= 11 is 0. The number of halogens is 3. The van der Waals surface area contributed by atoms with Crippen molar-refractivity contribution in [2.45, 2.75) is 50.7 Å². The highest BCUT2D eigenvalue weighted by Crippen LogP contribution is 2.30. The molecule has 2 saturated heterocycles. The molecule has 4 heterocycles. The molecule has 2 unspecified atom stereocenters. The molecule has 1 N–H and O–H groups in total. The lowest BCUT2D eigenvalue weighted by molar-refractivity contribution is -0.137. The number of nitrogens with zero attached hydrogens (tertiary/aromatic N) is 4. The Morgan fingerprint density at radius 2 is 2.04 bits per heavy atom. The van der Waals surface area contributed by atoms with E-state index < -0.39 is 11.7 Å². The monoisotopic (exact) mass is 391 g/mol. The largest absolute Gasteiger partial charge is 0.416 e. The summed E-state index contributed by atoms with van der Waals surface area (Å²) in [5.41, 5.74) is 1.37. The number of nitrogens with one attached hydrogen (secondary N) is 1. The molecule has 2 aromatic heterocycles. The van der Waals surface area contributed by atoms with Crippen LogP contribution in [0, 0.1) is 0 Å². The molecule has 28 heavy (non-hydrogen) atoms. The second-order valence-corrected chi connectivity index (χ2v) is 7.67. The normalized spacial score (nSPS) is 22.8. The first kappa shape index (κ1) is 19.1. The van der Waals surface area contributed by atoms with Crippen LogP contribution < -0.4 is 10.2 Å². The summed E-state index contributed by atoms with van der Waals surface area (Å²) in [6, 6.07) is 4.41. The van der Waals surface area contributed by atoms with E-state index in [-0.39, 0.29) is 6.42 Å². The first-order chi connectivity index (χ1) is 13.4. The van der Waals surface area contributed by atoms with Crippen molar-refractivity contribution in [2.24, 2.45) is 0 Å². The first-order valence-electron chi connectivity index (χ1n) is 9.77. The van der Waals surface area contributed by atoms with E-state index >= 15 is 0 Å². The van der Waals surface area contributed by atoms with Crippen molar-refractivity contribution < 1.29 is 13.2 Å². The van der Waals surface area contributed by atoms with Gasteiger partial charge in [-0.15, -0.1) is 0 Å².